The highest BCUT2D eigenvalue weighted by Gasteiger charge is 2.12. The molecule has 0 aliphatic carbocycles. The Morgan fingerprint density at radius 3 is 2.48 bits per heavy atom. The van der Waals surface area contributed by atoms with Crippen LogP contribution in [0.4, 0.5) is 0 Å². The van der Waals surface area contributed by atoms with Crippen molar-refractivity contribution < 1.29 is 14.2 Å². The van der Waals surface area contributed by atoms with Crippen LogP contribution in [0.1, 0.15) is 16.7 Å². The molecule has 0 heterocycles. The Morgan fingerprint density at radius 1 is 1.04 bits per heavy atom. The largest absolute Gasteiger partial charge is 0.493 e. The maximum absolute atomic E-state index is 5.79. The standard InChI is InChI=1S/C18H21NO3S/c1-12-7-8-13(2)16(11-12)21-9-10-22-17-14(18(19)23)5-4-6-15(17)20-3/h4-8,11H,9-10H2,1-3H3,(H2,19,23). The normalized spacial score (nSPS) is 10.2. The fourth-order valence-electron chi connectivity index (χ4n) is 2.18. The molecule has 2 N–H and O–H groups in total. The van der Waals surface area contributed by atoms with Crippen molar-refractivity contribution in [3.63, 3.8) is 0 Å². The third-order valence-corrected chi connectivity index (χ3v) is 3.62. The van der Waals surface area contributed by atoms with E-state index < -0.39 is 0 Å². The Labute approximate surface area is 142 Å². The summed E-state index contributed by atoms with van der Waals surface area (Å²) in [4.78, 5) is 0.273. The number of para-hydroxylation sites is 1. The first kappa shape index (κ1) is 17.1. The van der Waals surface area contributed by atoms with Crippen LogP contribution in [0.15, 0.2) is 36.4 Å². The second kappa shape index (κ2) is 7.83. The van der Waals surface area contributed by atoms with Gasteiger partial charge < -0.3 is 19.9 Å². The quantitative estimate of drug-likeness (QED) is 0.622. The second-order valence-electron chi connectivity index (χ2n) is 5.17. The summed E-state index contributed by atoms with van der Waals surface area (Å²) in [6, 6.07) is 11.6. The van der Waals surface area contributed by atoms with Crippen LogP contribution >= 0.6 is 12.2 Å². The van der Waals surface area contributed by atoms with Gasteiger partial charge >= 0.3 is 0 Å². The van der Waals surface area contributed by atoms with Crippen molar-refractivity contribution in [1.29, 1.82) is 0 Å². The first-order valence-electron chi connectivity index (χ1n) is 7.32. The smallest absolute Gasteiger partial charge is 0.171 e. The molecule has 23 heavy (non-hydrogen) atoms. The van der Waals surface area contributed by atoms with Crippen molar-refractivity contribution in [3.8, 4) is 17.2 Å². The molecular weight excluding hydrogens is 310 g/mol. The number of methoxy groups -OCH3 is 1. The van der Waals surface area contributed by atoms with Gasteiger partial charge in [-0.1, -0.05) is 30.4 Å². The maximum atomic E-state index is 5.79. The van der Waals surface area contributed by atoms with Crippen LogP contribution in [0.5, 0.6) is 17.2 Å². The summed E-state index contributed by atoms with van der Waals surface area (Å²) in [7, 11) is 1.58. The average molecular weight is 331 g/mol. The zero-order chi connectivity index (χ0) is 16.8. The Kier molecular flexibility index (Phi) is 5.82. The van der Waals surface area contributed by atoms with E-state index >= 15 is 0 Å². The highest BCUT2D eigenvalue weighted by atomic mass is 32.1. The first-order chi connectivity index (χ1) is 11.0. The predicted molar refractivity (Wildman–Crippen MR) is 95.8 cm³/mol. The van der Waals surface area contributed by atoms with Crippen LogP contribution in [0.3, 0.4) is 0 Å². The molecule has 0 bridgehead atoms. The molecule has 0 aromatic heterocycles. The zero-order valence-corrected chi connectivity index (χ0v) is 14.4. The van der Waals surface area contributed by atoms with Gasteiger partial charge in [0.15, 0.2) is 11.5 Å². The van der Waals surface area contributed by atoms with Gasteiger partial charge in [-0.05, 0) is 43.2 Å². The van der Waals surface area contributed by atoms with Gasteiger partial charge in [-0.3, -0.25) is 0 Å². The van der Waals surface area contributed by atoms with E-state index in [1.807, 2.05) is 44.2 Å². The molecule has 2 aromatic carbocycles. The van der Waals surface area contributed by atoms with Gasteiger partial charge in [0, 0.05) is 0 Å². The molecule has 0 fully saturated rings. The van der Waals surface area contributed by atoms with Crippen LogP contribution in [0.25, 0.3) is 0 Å². The second-order valence-corrected chi connectivity index (χ2v) is 5.61. The molecule has 0 aliphatic rings. The molecule has 2 rings (SSSR count). The SMILES string of the molecule is COc1cccc(C(N)=S)c1OCCOc1cc(C)ccc1C. The summed E-state index contributed by atoms with van der Waals surface area (Å²) < 4.78 is 16.9. The van der Waals surface area contributed by atoms with Gasteiger partial charge in [0.25, 0.3) is 0 Å². The lowest BCUT2D eigenvalue weighted by Gasteiger charge is -2.15. The molecule has 5 heteroatoms. The van der Waals surface area contributed by atoms with Crippen LogP contribution < -0.4 is 19.9 Å². The molecule has 0 spiro atoms. The van der Waals surface area contributed by atoms with Crippen molar-refractivity contribution in [1.82, 2.24) is 0 Å². The molecular formula is C18H21NO3S. The molecule has 0 saturated carbocycles. The van der Waals surface area contributed by atoms with Crippen LogP contribution in [-0.4, -0.2) is 25.3 Å². The van der Waals surface area contributed by atoms with Crippen molar-refractivity contribution in [3.05, 3.63) is 53.1 Å². The van der Waals surface area contributed by atoms with Crippen molar-refractivity contribution in [2.75, 3.05) is 20.3 Å². The fraction of sp³-hybridized carbons (Fsp3) is 0.278. The number of rotatable bonds is 7. The highest BCUT2D eigenvalue weighted by molar-refractivity contribution is 7.80. The number of hydrogen-bond acceptors (Lipinski definition) is 4. The number of nitrogens with two attached hydrogens (primary N) is 1. The summed E-state index contributed by atoms with van der Waals surface area (Å²) in [5.41, 5.74) is 8.65. The van der Waals surface area contributed by atoms with Gasteiger partial charge in [0.1, 0.15) is 24.0 Å². The Morgan fingerprint density at radius 2 is 1.78 bits per heavy atom. The monoisotopic (exact) mass is 331 g/mol. The van der Waals surface area contributed by atoms with Gasteiger partial charge in [0.2, 0.25) is 0 Å². The Balaban J connectivity index is 2.01. The van der Waals surface area contributed by atoms with Crippen molar-refractivity contribution >= 4 is 17.2 Å². The fourth-order valence-corrected chi connectivity index (χ4v) is 2.34. The minimum atomic E-state index is 0.273. The summed E-state index contributed by atoms with van der Waals surface area (Å²) in [5.74, 6) is 2.01. The molecule has 4 nitrogen and oxygen atoms in total. The third kappa shape index (κ3) is 4.36. The van der Waals surface area contributed by atoms with Crippen molar-refractivity contribution in [2.24, 2.45) is 5.73 Å². The molecule has 0 saturated heterocycles. The van der Waals surface area contributed by atoms with E-state index in [-0.39, 0.29) is 4.99 Å². The van der Waals surface area contributed by atoms with E-state index in [2.05, 4.69) is 6.07 Å². The number of ether oxygens (including phenoxy) is 3. The van der Waals surface area contributed by atoms with E-state index in [0.717, 1.165) is 16.9 Å². The molecule has 0 radical (unpaired) electrons. The maximum Gasteiger partial charge on any atom is 0.171 e. The molecule has 0 atom stereocenters. The molecule has 0 aliphatic heterocycles. The average Bonchev–Trinajstić information content (AvgIpc) is 2.54. The van der Waals surface area contributed by atoms with Crippen LogP contribution in [0, 0.1) is 13.8 Å². The van der Waals surface area contributed by atoms with Gasteiger partial charge in [-0.25, -0.2) is 0 Å². The summed E-state index contributed by atoms with van der Waals surface area (Å²) >= 11 is 5.05. The van der Waals surface area contributed by atoms with E-state index in [1.165, 1.54) is 0 Å². The van der Waals surface area contributed by atoms with Crippen LogP contribution in [0.2, 0.25) is 0 Å². The van der Waals surface area contributed by atoms with E-state index in [4.69, 9.17) is 32.2 Å². The minimum absolute atomic E-state index is 0.273. The molecule has 2 aromatic rings. The summed E-state index contributed by atoms with van der Waals surface area (Å²) in [6.45, 7) is 4.83. The molecule has 122 valence electrons. The minimum Gasteiger partial charge on any atom is -0.493 e. The van der Waals surface area contributed by atoms with Crippen LogP contribution in [-0.2, 0) is 0 Å². The van der Waals surface area contributed by atoms with E-state index in [1.54, 1.807) is 7.11 Å². The number of benzene rings is 2. The number of hydrogen-bond donors (Lipinski definition) is 1. The number of aryl methyl sites for hydroxylation is 2. The lowest BCUT2D eigenvalue weighted by molar-refractivity contribution is 0.210. The first-order valence-corrected chi connectivity index (χ1v) is 7.73. The topological polar surface area (TPSA) is 53.7 Å². The molecule has 0 amide bonds. The van der Waals surface area contributed by atoms with Gasteiger partial charge in [-0.15, -0.1) is 0 Å². The van der Waals surface area contributed by atoms with Crippen molar-refractivity contribution in [2.45, 2.75) is 13.8 Å². The highest BCUT2D eigenvalue weighted by Crippen LogP contribution is 2.31. The zero-order valence-electron chi connectivity index (χ0n) is 13.6. The predicted octanol–water partition coefficient (Wildman–Crippen LogP) is 3.40. The van der Waals surface area contributed by atoms with E-state index in [9.17, 15) is 0 Å². The number of thiocarbonyl (C=S) groups is 1. The Hall–Kier alpha value is -2.27. The summed E-state index contributed by atoms with van der Waals surface area (Å²) in [5, 5.41) is 0. The summed E-state index contributed by atoms with van der Waals surface area (Å²) in [6.07, 6.45) is 0. The lowest BCUT2D eigenvalue weighted by atomic mass is 10.1. The Bertz CT molecular complexity index is 701. The van der Waals surface area contributed by atoms with E-state index in [0.29, 0.717) is 30.3 Å². The third-order valence-electron chi connectivity index (χ3n) is 3.40. The lowest BCUT2D eigenvalue weighted by Crippen LogP contribution is -2.15. The van der Waals surface area contributed by atoms with Gasteiger partial charge in [-0.2, -0.15) is 0 Å². The molecule has 0 unspecified atom stereocenters. The van der Waals surface area contributed by atoms with Gasteiger partial charge in [0.05, 0.1) is 12.7 Å².